The molecule has 0 aliphatic carbocycles. The summed E-state index contributed by atoms with van der Waals surface area (Å²) in [5, 5.41) is 10.1. The second kappa shape index (κ2) is 20.2. The Kier molecular flexibility index (Phi) is 14.2. The minimum absolute atomic E-state index is 0.00864. The van der Waals surface area contributed by atoms with Gasteiger partial charge in [0.1, 0.15) is 0 Å². The van der Waals surface area contributed by atoms with Gasteiger partial charge in [-0.25, -0.2) is 0 Å². The average Bonchev–Trinajstić information content (AvgIpc) is 1.24. The molecule has 11 rings (SSSR count). The van der Waals surface area contributed by atoms with Crippen LogP contribution in [0.1, 0.15) is 211 Å². The lowest BCUT2D eigenvalue weighted by molar-refractivity contribution is 0.530. The summed E-state index contributed by atoms with van der Waals surface area (Å²) >= 11 is 0. The van der Waals surface area contributed by atoms with Crippen LogP contribution in [0.2, 0.25) is 0 Å². The van der Waals surface area contributed by atoms with E-state index in [2.05, 4.69) is 333 Å². The van der Waals surface area contributed by atoms with Gasteiger partial charge in [0.2, 0.25) is 0 Å². The minimum atomic E-state index is -0.113. The van der Waals surface area contributed by atoms with Gasteiger partial charge in [-0.1, -0.05) is 257 Å². The van der Waals surface area contributed by atoms with Gasteiger partial charge in [-0.05, 0) is 198 Å². The predicted molar refractivity (Wildman–Crippen MR) is 380 cm³/mol. The third kappa shape index (κ3) is 11.1. The minimum Gasteiger partial charge on any atom is -0.310 e. The highest BCUT2D eigenvalue weighted by Crippen LogP contribution is 2.50. The molecule has 1 heterocycles. The zero-order valence-electron chi connectivity index (χ0n) is 56.9. The van der Waals surface area contributed by atoms with Gasteiger partial charge >= 0.3 is 0 Å². The van der Waals surface area contributed by atoms with Crippen LogP contribution in [0.3, 0.4) is 0 Å². The molecule has 11 aromatic rings. The maximum atomic E-state index is 2.63. The third-order valence-electron chi connectivity index (χ3n) is 18.6. The highest BCUT2D eigenvalue weighted by molar-refractivity contribution is 6.27. The average molecular weight is 1140 g/mol. The van der Waals surface area contributed by atoms with Crippen LogP contribution in [-0.2, 0) is 43.3 Å². The summed E-state index contributed by atoms with van der Waals surface area (Å²) in [5.41, 5.74) is 22.4. The zero-order valence-corrected chi connectivity index (χ0v) is 56.9. The first-order chi connectivity index (χ1) is 39.7. The van der Waals surface area contributed by atoms with Gasteiger partial charge in [0, 0.05) is 32.9 Å². The van der Waals surface area contributed by atoms with Gasteiger partial charge < -0.3 is 9.47 Å². The van der Waals surface area contributed by atoms with Crippen molar-refractivity contribution in [3.05, 3.63) is 202 Å². The van der Waals surface area contributed by atoms with E-state index in [1.165, 1.54) is 127 Å². The Bertz CT molecular complexity index is 4320. The maximum Gasteiger partial charge on any atom is 0.0541 e. The second-order valence-corrected chi connectivity index (χ2v) is 33.8. The first kappa shape index (κ1) is 60.5. The van der Waals surface area contributed by atoms with Gasteiger partial charge in [0.25, 0.3) is 0 Å². The van der Waals surface area contributed by atoms with Crippen molar-refractivity contribution >= 4 is 71.2 Å². The topological polar surface area (TPSA) is 8.17 Å². The molecular weight excluding hydrogens is 1040 g/mol. The molecule has 0 bridgehead atoms. The molecule has 0 saturated heterocycles. The van der Waals surface area contributed by atoms with Crippen molar-refractivity contribution in [3.63, 3.8) is 0 Å². The lowest BCUT2D eigenvalue weighted by Crippen LogP contribution is -2.22. The molecule has 444 valence electrons. The zero-order chi connectivity index (χ0) is 62.6. The standard InChI is InChI=1S/C84H98N2/c1-77(2,3)57-30-37-73-67(49-57)68-50-58(78(4,5)6)31-38-74(68)86(73)72-36-29-52-25-32-65-71(35-28-51-26-33-66(72)76(52)75(51)65)85(64-47-61(81(13,14)15)46-62(48-64)82(16,17)18)63-42-54(53-27-34-69(83(19,20)21)70(44-53)84(22,23)24)39-55(43-63)56-40-59(79(7,8)9)45-60(41-56)80(10,11)12/h25-50H,1-24H3. The first-order valence-electron chi connectivity index (χ1n) is 31.9. The molecule has 0 aliphatic heterocycles. The fourth-order valence-electron chi connectivity index (χ4n) is 13.1. The van der Waals surface area contributed by atoms with Crippen LogP contribution in [-0.4, -0.2) is 4.57 Å². The highest BCUT2D eigenvalue weighted by atomic mass is 15.1. The first-order valence-corrected chi connectivity index (χ1v) is 31.9. The normalized spacial score (nSPS) is 13.6. The molecule has 0 N–H and O–H groups in total. The molecule has 0 unspecified atom stereocenters. The van der Waals surface area contributed by atoms with Crippen LogP contribution in [0, 0.1) is 0 Å². The monoisotopic (exact) mass is 1130 g/mol. The van der Waals surface area contributed by atoms with Gasteiger partial charge in [-0.2, -0.15) is 0 Å². The number of rotatable bonds is 6. The number of hydrogen-bond acceptors (Lipinski definition) is 1. The van der Waals surface area contributed by atoms with Crippen LogP contribution in [0.25, 0.3) is 82.1 Å². The molecule has 0 saturated carbocycles. The molecule has 0 spiro atoms. The van der Waals surface area contributed by atoms with Crippen molar-refractivity contribution in [3.8, 4) is 27.9 Å². The van der Waals surface area contributed by atoms with E-state index >= 15 is 0 Å². The van der Waals surface area contributed by atoms with Crippen molar-refractivity contribution in [2.75, 3.05) is 4.90 Å². The van der Waals surface area contributed by atoms with Crippen LogP contribution >= 0.6 is 0 Å². The van der Waals surface area contributed by atoms with E-state index < -0.39 is 0 Å². The van der Waals surface area contributed by atoms with Gasteiger partial charge in [-0.15, -0.1) is 0 Å². The predicted octanol–water partition coefficient (Wildman–Crippen LogP) is 24.9. The fourth-order valence-corrected chi connectivity index (χ4v) is 13.1. The molecular formula is C84H98N2. The van der Waals surface area contributed by atoms with E-state index in [0.717, 1.165) is 17.1 Å². The molecule has 2 heteroatoms. The van der Waals surface area contributed by atoms with Crippen molar-refractivity contribution in [1.82, 2.24) is 4.57 Å². The lowest BCUT2D eigenvalue weighted by atomic mass is 9.74. The van der Waals surface area contributed by atoms with Crippen molar-refractivity contribution in [2.45, 2.75) is 209 Å². The summed E-state index contributed by atoms with van der Waals surface area (Å²) in [4.78, 5) is 2.63. The molecule has 10 aromatic carbocycles. The van der Waals surface area contributed by atoms with Crippen molar-refractivity contribution < 1.29 is 0 Å². The second-order valence-electron chi connectivity index (χ2n) is 33.8. The molecule has 0 radical (unpaired) electrons. The highest BCUT2D eigenvalue weighted by Gasteiger charge is 2.31. The van der Waals surface area contributed by atoms with Gasteiger partial charge in [0.05, 0.1) is 22.4 Å². The van der Waals surface area contributed by atoms with E-state index in [1.807, 2.05) is 0 Å². The van der Waals surface area contributed by atoms with Gasteiger partial charge in [0.15, 0.2) is 0 Å². The number of anilines is 3. The summed E-state index contributed by atoms with van der Waals surface area (Å²) in [7, 11) is 0. The third-order valence-corrected chi connectivity index (χ3v) is 18.6. The summed E-state index contributed by atoms with van der Waals surface area (Å²) in [5.74, 6) is 0. The lowest BCUT2D eigenvalue weighted by Gasteiger charge is -2.33. The number of nitrogens with zero attached hydrogens (tertiary/aromatic N) is 2. The molecule has 0 fully saturated rings. The number of hydrogen-bond donors (Lipinski definition) is 0. The molecule has 0 amide bonds. The number of benzene rings is 10. The Morgan fingerprint density at radius 3 is 1.12 bits per heavy atom. The molecule has 0 aliphatic rings. The van der Waals surface area contributed by atoms with E-state index in [-0.39, 0.29) is 43.3 Å². The summed E-state index contributed by atoms with van der Waals surface area (Å²) in [6.45, 7) is 56.4. The molecule has 1 aromatic heterocycles. The van der Waals surface area contributed by atoms with E-state index in [9.17, 15) is 0 Å². The van der Waals surface area contributed by atoms with Gasteiger partial charge in [-0.3, -0.25) is 0 Å². The van der Waals surface area contributed by atoms with Crippen LogP contribution < -0.4 is 4.90 Å². The Hall–Kier alpha value is -7.16. The van der Waals surface area contributed by atoms with Crippen molar-refractivity contribution in [1.29, 1.82) is 0 Å². The summed E-state index contributed by atoms with van der Waals surface area (Å²) in [6, 6.07) is 63.2. The molecule has 86 heavy (non-hydrogen) atoms. The summed E-state index contributed by atoms with van der Waals surface area (Å²) < 4.78 is 2.56. The van der Waals surface area contributed by atoms with Crippen molar-refractivity contribution in [2.24, 2.45) is 0 Å². The van der Waals surface area contributed by atoms with Crippen LogP contribution in [0.4, 0.5) is 17.1 Å². The van der Waals surface area contributed by atoms with E-state index in [0.29, 0.717) is 0 Å². The summed E-state index contributed by atoms with van der Waals surface area (Å²) in [6.07, 6.45) is 0. The van der Waals surface area contributed by atoms with E-state index in [1.54, 1.807) is 0 Å². The smallest absolute Gasteiger partial charge is 0.0541 e. The quantitative estimate of drug-likeness (QED) is 0.151. The number of aromatic nitrogens is 1. The fraction of sp³-hybridized carbons (Fsp3) is 0.381. The van der Waals surface area contributed by atoms with Crippen LogP contribution in [0.15, 0.2) is 158 Å². The Morgan fingerprint density at radius 2 is 0.651 bits per heavy atom. The Labute approximate surface area is 517 Å². The molecule has 2 nitrogen and oxygen atoms in total. The maximum absolute atomic E-state index is 2.63. The largest absolute Gasteiger partial charge is 0.310 e. The molecule has 0 atom stereocenters. The Balaban J connectivity index is 1.25. The van der Waals surface area contributed by atoms with Crippen LogP contribution in [0.5, 0.6) is 0 Å². The van der Waals surface area contributed by atoms with E-state index in [4.69, 9.17) is 0 Å². The Morgan fingerprint density at radius 1 is 0.256 bits per heavy atom. The number of fused-ring (bicyclic) bond motifs is 3. The SMILES string of the molecule is CC(C)(C)c1cc(-c2cc(-c3ccc(C(C)(C)C)c(C(C)(C)C)c3)cc(N(c3cc(C(C)(C)C)cc(C(C)(C)C)c3)c3ccc4ccc5c(-n6c7ccc(C(C)(C)C)cc7c7cc(C(C)(C)C)ccc76)ccc6ccc3c4c65)c2)cc(C(C)(C)C)c1.